The van der Waals surface area contributed by atoms with Gasteiger partial charge in [0, 0.05) is 31.3 Å². The van der Waals surface area contributed by atoms with Crippen molar-refractivity contribution < 1.29 is 14.0 Å². The van der Waals surface area contributed by atoms with E-state index < -0.39 is 0 Å². The predicted octanol–water partition coefficient (Wildman–Crippen LogP) is 3.02. The first kappa shape index (κ1) is 21.9. The standard InChI is InChI=1S/C23H21FN6O3/c1-14-26-22-20(13-25-30(22)19-8-6-16(24)7-9-19)23(33)29(14)11-10-21(32)28-18-5-3-4-17(12-18)27-15(2)31/h3-9,12-13H,10-11H2,1-2H3,(H,27,31)(H,28,32). The third-order valence-corrected chi connectivity index (χ3v) is 4.98. The number of benzene rings is 2. The number of aromatic nitrogens is 4. The number of carbonyl (C=O) groups is 2. The van der Waals surface area contributed by atoms with Gasteiger partial charge in [-0.3, -0.25) is 19.0 Å². The van der Waals surface area contributed by atoms with Crippen molar-refractivity contribution in [3.8, 4) is 5.69 Å². The molecule has 0 radical (unpaired) electrons. The summed E-state index contributed by atoms with van der Waals surface area (Å²) in [7, 11) is 0. The Morgan fingerprint density at radius 2 is 1.76 bits per heavy atom. The molecule has 168 valence electrons. The monoisotopic (exact) mass is 448 g/mol. The molecule has 4 aromatic rings. The van der Waals surface area contributed by atoms with Crippen molar-refractivity contribution >= 4 is 34.2 Å². The lowest BCUT2D eigenvalue weighted by molar-refractivity contribution is -0.116. The maximum absolute atomic E-state index is 13.2. The van der Waals surface area contributed by atoms with E-state index >= 15 is 0 Å². The highest BCUT2D eigenvalue weighted by Crippen LogP contribution is 2.17. The average Bonchev–Trinajstić information content (AvgIpc) is 3.18. The minimum Gasteiger partial charge on any atom is -0.326 e. The Hall–Kier alpha value is -4.34. The summed E-state index contributed by atoms with van der Waals surface area (Å²) in [6.07, 6.45) is 1.46. The maximum atomic E-state index is 13.2. The van der Waals surface area contributed by atoms with Crippen molar-refractivity contribution in [1.29, 1.82) is 0 Å². The van der Waals surface area contributed by atoms with Crippen LogP contribution in [0.3, 0.4) is 0 Å². The van der Waals surface area contributed by atoms with Crippen molar-refractivity contribution in [3.63, 3.8) is 0 Å². The van der Waals surface area contributed by atoms with E-state index in [-0.39, 0.29) is 36.2 Å². The van der Waals surface area contributed by atoms with Crippen LogP contribution in [0.15, 0.2) is 59.5 Å². The minimum absolute atomic E-state index is 0.0460. The van der Waals surface area contributed by atoms with Gasteiger partial charge in [-0.2, -0.15) is 5.10 Å². The van der Waals surface area contributed by atoms with Crippen LogP contribution in [-0.2, 0) is 16.1 Å². The fourth-order valence-corrected chi connectivity index (χ4v) is 3.46. The molecule has 0 aliphatic heterocycles. The highest BCUT2D eigenvalue weighted by molar-refractivity contribution is 5.93. The SMILES string of the molecule is CC(=O)Nc1cccc(NC(=O)CCn2c(C)nc3c(cnn3-c3ccc(F)cc3)c2=O)c1. The minimum atomic E-state index is -0.373. The van der Waals surface area contributed by atoms with Gasteiger partial charge >= 0.3 is 0 Å². The number of aryl methyl sites for hydroxylation is 1. The van der Waals surface area contributed by atoms with E-state index in [2.05, 4.69) is 20.7 Å². The van der Waals surface area contributed by atoms with Crippen LogP contribution >= 0.6 is 0 Å². The Balaban J connectivity index is 1.51. The molecule has 0 saturated carbocycles. The van der Waals surface area contributed by atoms with Gasteiger partial charge in [0.2, 0.25) is 11.8 Å². The number of rotatable bonds is 6. The second kappa shape index (κ2) is 9.03. The number of halogens is 1. The van der Waals surface area contributed by atoms with Gasteiger partial charge in [0.15, 0.2) is 5.65 Å². The molecule has 0 atom stereocenters. The van der Waals surface area contributed by atoms with E-state index in [9.17, 15) is 18.8 Å². The number of carbonyl (C=O) groups excluding carboxylic acids is 2. The molecule has 10 heteroatoms. The summed E-state index contributed by atoms with van der Waals surface area (Å²) in [4.78, 5) is 41.1. The van der Waals surface area contributed by atoms with Crippen LogP contribution in [0.4, 0.5) is 15.8 Å². The van der Waals surface area contributed by atoms with Crippen LogP contribution in [-0.4, -0.2) is 31.1 Å². The van der Waals surface area contributed by atoms with Crippen molar-refractivity contribution in [2.75, 3.05) is 10.6 Å². The van der Waals surface area contributed by atoms with Crippen LogP contribution in [0.1, 0.15) is 19.2 Å². The molecule has 4 rings (SSSR count). The molecule has 0 fully saturated rings. The van der Waals surface area contributed by atoms with E-state index in [1.165, 1.54) is 34.5 Å². The van der Waals surface area contributed by atoms with E-state index in [1.54, 1.807) is 43.3 Å². The van der Waals surface area contributed by atoms with E-state index in [4.69, 9.17) is 0 Å². The zero-order valence-electron chi connectivity index (χ0n) is 18.0. The fourth-order valence-electron chi connectivity index (χ4n) is 3.46. The van der Waals surface area contributed by atoms with Crippen molar-refractivity contribution in [2.24, 2.45) is 0 Å². The molecule has 2 heterocycles. The number of anilines is 2. The summed E-state index contributed by atoms with van der Waals surface area (Å²) in [6.45, 7) is 3.21. The number of hydrogen-bond donors (Lipinski definition) is 2. The molecule has 9 nitrogen and oxygen atoms in total. The lowest BCUT2D eigenvalue weighted by Gasteiger charge is -2.11. The summed E-state index contributed by atoms with van der Waals surface area (Å²) >= 11 is 0. The van der Waals surface area contributed by atoms with Crippen LogP contribution in [0.5, 0.6) is 0 Å². The maximum Gasteiger partial charge on any atom is 0.264 e. The summed E-state index contributed by atoms with van der Waals surface area (Å²) in [5, 5.41) is 9.94. The van der Waals surface area contributed by atoms with Crippen LogP contribution in [0.2, 0.25) is 0 Å². The molecule has 0 unspecified atom stereocenters. The first-order valence-electron chi connectivity index (χ1n) is 10.2. The quantitative estimate of drug-likeness (QED) is 0.471. The molecule has 0 spiro atoms. The van der Waals surface area contributed by atoms with Gasteiger partial charge in [-0.25, -0.2) is 14.1 Å². The summed E-state index contributed by atoms with van der Waals surface area (Å²) in [5.41, 5.74) is 1.73. The Morgan fingerprint density at radius 1 is 1.06 bits per heavy atom. The predicted molar refractivity (Wildman–Crippen MR) is 122 cm³/mol. The topological polar surface area (TPSA) is 111 Å². The van der Waals surface area contributed by atoms with Gasteiger partial charge in [0.1, 0.15) is 17.0 Å². The molecule has 0 aliphatic rings. The van der Waals surface area contributed by atoms with Gasteiger partial charge < -0.3 is 10.6 Å². The zero-order chi connectivity index (χ0) is 23.5. The summed E-state index contributed by atoms with van der Waals surface area (Å²) in [5.74, 6) is -0.444. The summed E-state index contributed by atoms with van der Waals surface area (Å²) in [6, 6.07) is 12.5. The smallest absolute Gasteiger partial charge is 0.264 e. The molecule has 0 saturated heterocycles. The fraction of sp³-hybridized carbons (Fsp3) is 0.174. The number of fused-ring (bicyclic) bond motifs is 1. The molecular formula is C23H21FN6O3. The zero-order valence-corrected chi connectivity index (χ0v) is 18.0. The van der Waals surface area contributed by atoms with E-state index in [1.807, 2.05) is 0 Å². The first-order valence-corrected chi connectivity index (χ1v) is 10.2. The van der Waals surface area contributed by atoms with Gasteiger partial charge in [0.25, 0.3) is 5.56 Å². The van der Waals surface area contributed by atoms with Crippen molar-refractivity contribution in [2.45, 2.75) is 26.8 Å². The third-order valence-electron chi connectivity index (χ3n) is 4.98. The van der Waals surface area contributed by atoms with Crippen molar-refractivity contribution in [1.82, 2.24) is 19.3 Å². The Bertz CT molecular complexity index is 1410. The van der Waals surface area contributed by atoms with Gasteiger partial charge in [-0.05, 0) is 49.4 Å². The molecule has 33 heavy (non-hydrogen) atoms. The number of nitrogens with one attached hydrogen (secondary N) is 2. The number of hydrogen-bond acceptors (Lipinski definition) is 5. The largest absolute Gasteiger partial charge is 0.326 e. The molecule has 2 amide bonds. The number of amides is 2. The third kappa shape index (κ3) is 4.79. The normalized spacial score (nSPS) is 10.9. The Labute approximate surface area is 187 Å². The van der Waals surface area contributed by atoms with Crippen LogP contribution < -0.4 is 16.2 Å². The molecule has 2 aromatic heterocycles. The summed E-state index contributed by atoms with van der Waals surface area (Å²) < 4.78 is 16.1. The Morgan fingerprint density at radius 3 is 2.45 bits per heavy atom. The Kier molecular flexibility index (Phi) is 5.99. The second-order valence-electron chi connectivity index (χ2n) is 7.45. The van der Waals surface area contributed by atoms with Crippen LogP contribution in [0.25, 0.3) is 16.7 Å². The molecular weight excluding hydrogens is 427 g/mol. The van der Waals surface area contributed by atoms with E-state index in [0.29, 0.717) is 33.9 Å². The number of nitrogens with zero attached hydrogens (tertiary/aromatic N) is 4. The molecule has 0 aliphatic carbocycles. The van der Waals surface area contributed by atoms with Crippen molar-refractivity contribution in [3.05, 3.63) is 76.7 Å². The van der Waals surface area contributed by atoms with E-state index in [0.717, 1.165) is 0 Å². The molecule has 0 bridgehead atoms. The average molecular weight is 448 g/mol. The van der Waals surface area contributed by atoms with Crippen LogP contribution in [0, 0.1) is 12.7 Å². The molecule has 2 aromatic carbocycles. The highest BCUT2D eigenvalue weighted by atomic mass is 19.1. The lowest BCUT2D eigenvalue weighted by Crippen LogP contribution is -2.26. The van der Waals surface area contributed by atoms with Gasteiger partial charge in [-0.1, -0.05) is 6.07 Å². The lowest BCUT2D eigenvalue weighted by atomic mass is 10.2. The highest BCUT2D eigenvalue weighted by Gasteiger charge is 2.15. The van der Waals surface area contributed by atoms with Gasteiger partial charge in [-0.15, -0.1) is 0 Å². The molecule has 2 N–H and O–H groups in total. The van der Waals surface area contributed by atoms with Gasteiger partial charge in [0.05, 0.1) is 11.9 Å². The second-order valence-corrected chi connectivity index (χ2v) is 7.45. The first-order chi connectivity index (χ1) is 15.8.